The molecule has 0 bridgehead atoms. The number of imide groups is 1. The monoisotopic (exact) mass is 442 g/mol. The van der Waals surface area contributed by atoms with Crippen LogP contribution in [0, 0.1) is 19.8 Å². The summed E-state index contributed by atoms with van der Waals surface area (Å²) in [5.74, 6) is -0.810. The van der Waals surface area contributed by atoms with Crippen LogP contribution in [0.25, 0.3) is 5.57 Å². The summed E-state index contributed by atoms with van der Waals surface area (Å²) >= 11 is 0. The summed E-state index contributed by atoms with van der Waals surface area (Å²) in [5, 5.41) is 0. The lowest BCUT2D eigenvalue weighted by molar-refractivity contribution is -0.137. The van der Waals surface area contributed by atoms with Crippen LogP contribution in [0.1, 0.15) is 42.0 Å². The molecule has 2 aliphatic rings. The lowest BCUT2D eigenvalue weighted by atomic mass is 9.95. The molecule has 2 heterocycles. The number of anilines is 1. The van der Waals surface area contributed by atoms with Gasteiger partial charge in [-0.25, -0.2) is 4.90 Å². The Morgan fingerprint density at radius 1 is 1.00 bits per heavy atom. The van der Waals surface area contributed by atoms with Gasteiger partial charge in [0.15, 0.2) is 0 Å². The van der Waals surface area contributed by atoms with Gasteiger partial charge in [-0.05, 0) is 61.9 Å². The summed E-state index contributed by atoms with van der Waals surface area (Å²) in [6.45, 7) is 7.16. The Labute approximate surface area is 185 Å². The average Bonchev–Trinajstić information content (AvgIpc) is 2.97. The second-order valence-corrected chi connectivity index (χ2v) is 8.73. The van der Waals surface area contributed by atoms with Crippen molar-refractivity contribution in [2.45, 2.75) is 39.8 Å². The third-order valence-corrected chi connectivity index (χ3v) is 6.12. The molecule has 1 unspecified atom stereocenters. The summed E-state index contributed by atoms with van der Waals surface area (Å²) in [5.41, 5.74) is 2.07. The highest BCUT2D eigenvalue weighted by atomic mass is 19.4. The zero-order chi connectivity index (χ0) is 23.2. The predicted octanol–water partition coefficient (Wildman–Crippen LogP) is 5.34. The van der Waals surface area contributed by atoms with Crippen molar-refractivity contribution >= 4 is 23.1 Å². The van der Waals surface area contributed by atoms with Crippen molar-refractivity contribution in [3.05, 3.63) is 70.4 Å². The van der Waals surface area contributed by atoms with Gasteiger partial charge in [0.1, 0.15) is 5.70 Å². The first-order valence-electron chi connectivity index (χ1n) is 10.7. The minimum Gasteiger partial charge on any atom is -0.366 e. The number of likely N-dealkylation sites (tertiary alicyclic amines) is 1. The number of halogens is 3. The molecule has 1 saturated heterocycles. The van der Waals surface area contributed by atoms with Crippen molar-refractivity contribution in [3.63, 3.8) is 0 Å². The molecule has 0 aliphatic carbocycles. The van der Waals surface area contributed by atoms with E-state index in [0.717, 1.165) is 41.0 Å². The number of piperidine rings is 1. The zero-order valence-corrected chi connectivity index (χ0v) is 18.3. The van der Waals surface area contributed by atoms with E-state index < -0.39 is 23.6 Å². The Balaban J connectivity index is 1.85. The Kier molecular flexibility index (Phi) is 5.61. The molecule has 168 valence electrons. The number of hydrogen-bond acceptors (Lipinski definition) is 3. The van der Waals surface area contributed by atoms with Gasteiger partial charge in [0.2, 0.25) is 0 Å². The molecule has 0 saturated carbocycles. The molecule has 0 N–H and O–H groups in total. The van der Waals surface area contributed by atoms with Crippen molar-refractivity contribution in [1.29, 1.82) is 0 Å². The minimum atomic E-state index is -4.57. The molecule has 4 nitrogen and oxygen atoms in total. The first-order chi connectivity index (χ1) is 15.1. The van der Waals surface area contributed by atoms with Gasteiger partial charge in [-0.1, -0.05) is 36.8 Å². The molecule has 1 fully saturated rings. The molecule has 1 atom stereocenters. The first kappa shape index (κ1) is 22.1. The Bertz CT molecular complexity index is 1120. The summed E-state index contributed by atoms with van der Waals surface area (Å²) in [7, 11) is 0. The highest BCUT2D eigenvalue weighted by molar-refractivity contribution is 6.45. The van der Waals surface area contributed by atoms with Gasteiger partial charge in [-0.2, -0.15) is 13.2 Å². The number of rotatable bonds is 3. The highest BCUT2D eigenvalue weighted by Gasteiger charge is 2.44. The Hall–Kier alpha value is -3.09. The molecule has 4 rings (SSSR count). The zero-order valence-electron chi connectivity index (χ0n) is 18.3. The Morgan fingerprint density at radius 3 is 2.41 bits per heavy atom. The first-order valence-corrected chi connectivity index (χ1v) is 10.7. The van der Waals surface area contributed by atoms with Crippen LogP contribution in [0.15, 0.2) is 48.2 Å². The topological polar surface area (TPSA) is 40.6 Å². The van der Waals surface area contributed by atoms with E-state index in [1.54, 1.807) is 0 Å². The van der Waals surface area contributed by atoms with Gasteiger partial charge in [0.25, 0.3) is 11.8 Å². The molecule has 0 radical (unpaired) electrons. The largest absolute Gasteiger partial charge is 0.416 e. The number of aryl methyl sites for hydroxylation is 2. The van der Waals surface area contributed by atoms with Crippen LogP contribution in [0.4, 0.5) is 18.9 Å². The number of nitrogens with zero attached hydrogens (tertiary/aromatic N) is 2. The third kappa shape index (κ3) is 3.92. The predicted molar refractivity (Wildman–Crippen MR) is 117 cm³/mol. The van der Waals surface area contributed by atoms with Crippen LogP contribution in [0.5, 0.6) is 0 Å². The molecule has 0 spiro atoms. The third-order valence-electron chi connectivity index (χ3n) is 6.12. The quantitative estimate of drug-likeness (QED) is 0.603. The van der Waals surface area contributed by atoms with Crippen LogP contribution in [-0.2, 0) is 15.8 Å². The molecule has 2 aromatic rings. The van der Waals surface area contributed by atoms with E-state index in [-0.39, 0.29) is 17.0 Å². The van der Waals surface area contributed by atoms with Crippen molar-refractivity contribution in [2.24, 2.45) is 5.92 Å². The van der Waals surface area contributed by atoms with Crippen LogP contribution in [-0.4, -0.2) is 29.8 Å². The van der Waals surface area contributed by atoms with E-state index in [9.17, 15) is 22.8 Å². The van der Waals surface area contributed by atoms with E-state index in [0.29, 0.717) is 24.6 Å². The lowest BCUT2D eigenvalue weighted by Gasteiger charge is -2.33. The average molecular weight is 442 g/mol. The summed E-state index contributed by atoms with van der Waals surface area (Å²) in [6.07, 6.45) is -2.66. The van der Waals surface area contributed by atoms with Gasteiger partial charge in [0.05, 0.1) is 16.8 Å². The number of benzene rings is 2. The van der Waals surface area contributed by atoms with Crippen LogP contribution >= 0.6 is 0 Å². The maximum Gasteiger partial charge on any atom is 0.416 e. The number of alkyl halides is 3. The molecule has 32 heavy (non-hydrogen) atoms. The van der Waals surface area contributed by atoms with Crippen LogP contribution in [0.2, 0.25) is 0 Å². The number of carbonyl (C=O) groups excluding carboxylic acids is 2. The van der Waals surface area contributed by atoms with E-state index in [4.69, 9.17) is 0 Å². The fraction of sp³-hybridized carbons (Fsp3) is 0.360. The smallest absolute Gasteiger partial charge is 0.366 e. The molecule has 7 heteroatoms. The van der Waals surface area contributed by atoms with E-state index in [1.165, 1.54) is 12.1 Å². The Morgan fingerprint density at radius 2 is 1.75 bits per heavy atom. The van der Waals surface area contributed by atoms with Crippen molar-refractivity contribution in [1.82, 2.24) is 4.90 Å². The van der Waals surface area contributed by atoms with E-state index in [1.807, 2.05) is 36.9 Å². The second kappa shape index (κ2) is 8.11. The van der Waals surface area contributed by atoms with Crippen molar-refractivity contribution in [3.8, 4) is 0 Å². The standard InChI is InChI=1S/C25H25F3N2O2/c1-15-9-10-20(17(3)12-15)21-22(29-11-5-6-16(2)14-29)24(32)30(23(21)31)19-8-4-7-18(13-19)25(26,27)28/h4,7-10,12-13,16H,5-6,11,14H2,1-3H3. The van der Waals surface area contributed by atoms with Gasteiger partial charge in [-0.15, -0.1) is 0 Å². The van der Waals surface area contributed by atoms with Gasteiger partial charge in [0, 0.05) is 13.1 Å². The van der Waals surface area contributed by atoms with Gasteiger partial charge >= 0.3 is 6.18 Å². The van der Waals surface area contributed by atoms with Crippen LogP contribution in [0.3, 0.4) is 0 Å². The van der Waals surface area contributed by atoms with Gasteiger partial charge in [-0.3, -0.25) is 9.59 Å². The maximum atomic E-state index is 13.6. The minimum absolute atomic E-state index is 0.0721. The maximum absolute atomic E-state index is 13.6. The number of carbonyl (C=O) groups is 2. The fourth-order valence-electron chi connectivity index (χ4n) is 4.60. The second-order valence-electron chi connectivity index (χ2n) is 8.73. The lowest BCUT2D eigenvalue weighted by Crippen LogP contribution is -2.39. The molecule has 2 aliphatic heterocycles. The summed E-state index contributed by atoms with van der Waals surface area (Å²) in [4.78, 5) is 30.0. The molecule has 2 aromatic carbocycles. The fourth-order valence-corrected chi connectivity index (χ4v) is 4.60. The molecule has 2 amide bonds. The van der Waals surface area contributed by atoms with Gasteiger partial charge < -0.3 is 4.90 Å². The number of amides is 2. The molecular weight excluding hydrogens is 417 g/mol. The SMILES string of the molecule is Cc1ccc(C2=C(N3CCCC(C)C3)C(=O)N(c3cccc(C(F)(F)F)c3)C2=O)c(C)c1. The number of hydrogen-bond donors (Lipinski definition) is 0. The summed E-state index contributed by atoms with van der Waals surface area (Å²) in [6, 6.07) is 9.99. The van der Waals surface area contributed by atoms with E-state index in [2.05, 4.69) is 6.92 Å². The highest BCUT2D eigenvalue weighted by Crippen LogP contribution is 2.39. The summed E-state index contributed by atoms with van der Waals surface area (Å²) < 4.78 is 39.9. The normalized spacial score (nSPS) is 19.9. The van der Waals surface area contributed by atoms with Crippen molar-refractivity contribution < 1.29 is 22.8 Å². The molecule has 0 aromatic heterocycles. The molecular formula is C25H25F3N2O2. The van der Waals surface area contributed by atoms with Crippen LogP contribution < -0.4 is 4.90 Å². The van der Waals surface area contributed by atoms with Crippen molar-refractivity contribution in [2.75, 3.05) is 18.0 Å². The van der Waals surface area contributed by atoms with E-state index >= 15 is 0 Å².